The third-order valence-corrected chi connectivity index (χ3v) is 2.10. The number of aromatic nitrogens is 2. The van der Waals surface area contributed by atoms with Crippen LogP contribution in [0, 0.1) is 0 Å². The van der Waals surface area contributed by atoms with E-state index >= 15 is 0 Å². The zero-order valence-electron chi connectivity index (χ0n) is 9.57. The molecule has 0 saturated carbocycles. The summed E-state index contributed by atoms with van der Waals surface area (Å²) in [5.41, 5.74) is 0.462. The summed E-state index contributed by atoms with van der Waals surface area (Å²) < 4.78 is 37.1. The van der Waals surface area contributed by atoms with Crippen LogP contribution < -0.4 is 4.90 Å². The van der Waals surface area contributed by atoms with E-state index in [1.165, 1.54) is 12.4 Å². The topological polar surface area (TPSA) is 49.2 Å². The Bertz CT molecular complexity index is 351. The molecule has 96 valence electrons. The maximum absolute atomic E-state index is 12.4. The summed E-state index contributed by atoms with van der Waals surface area (Å²) in [6.45, 7) is 1.94. The molecule has 0 radical (unpaired) electrons. The van der Waals surface area contributed by atoms with Crippen LogP contribution in [-0.2, 0) is 6.61 Å². The Balaban J connectivity index is 2.89. The minimum atomic E-state index is -4.30. The Morgan fingerprint density at radius 1 is 1.29 bits per heavy atom. The van der Waals surface area contributed by atoms with E-state index < -0.39 is 12.7 Å². The largest absolute Gasteiger partial charge is 0.406 e. The number of halogens is 3. The van der Waals surface area contributed by atoms with E-state index in [2.05, 4.69) is 9.97 Å². The molecule has 0 bridgehead atoms. The molecule has 0 aliphatic heterocycles. The molecule has 1 N–H and O–H groups in total. The van der Waals surface area contributed by atoms with Crippen LogP contribution in [0.15, 0.2) is 12.4 Å². The third kappa shape index (κ3) is 4.18. The smallest absolute Gasteiger partial charge is 0.392 e. The first-order valence-electron chi connectivity index (χ1n) is 5.08. The van der Waals surface area contributed by atoms with Crippen LogP contribution in [0.5, 0.6) is 0 Å². The third-order valence-electron chi connectivity index (χ3n) is 2.10. The van der Waals surface area contributed by atoms with Crippen LogP contribution in [0.3, 0.4) is 0 Å². The minimum Gasteiger partial charge on any atom is -0.392 e. The predicted molar refractivity (Wildman–Crippen MR) is 56.5 cm³/mol. The number of aliphatic hydroxyl groups excluding tert-OH is 1. The molecule has 0 aromatic carbocycles. The van der Waals surface area contributed by atoms with Crippen LogP contribution in [0.2, 0.25) is 0 Å². The van der Waals surface area contributed by atoms with Crippen LogP contribution in [0.1, 0.15) is 19.4 Å². The standard InChI is InChI=1S/C10H14F3N3O/c1-7(2)16(6-10(11,12)13)9-14-3-8(5-17)4-15-9/h3-4,7,17H,5-6H2,1-2H3. The molecule has 0 atom stereocenters. The summed E-state index contributed by atoms with van der Waals surface area (Å²) in [6, 6.07) is -0.364. The Kier molecular flexibility index (Phi) is 4.28. The van der Waals surface area contributed by atoms with Gasteiger partial charge < -0.3 is 10.0 Å². The molecule has 0 saturated heterocycles. The van der Waals surface area contributed by atoms with E-state index in [0.29, 0.717) is 5.56 Å². The number of hydrogen-bond acceptors (Lipinski definition) is 4. The molecule has 0 fully saturated rings. The highest BCUT2D eigenvalue weighted by molar-refractivity contribution is 5.31. The van der Waals surface area contributed by atoms with Crippen molar-refractivity contribution < 1.29 is 18.3 Å². The minimum absolute atomic E-state index is 0.00882. The molecule has 0 amide bonds. The van der Waals surface area contributed by atoms with Gasteiger partial charge in [0.05, 0.1) is 6.61 Å². The first-order chi connectivity index (χ1) is 7.83. The SMILES string of the molecule is CC(C)N(CC(F)(F)F)c1ncc(CO)cn1. The van der Waals surface area contributed by atoms with Crippen molar-refractivity contribution in [3.8, 4) is 0 Å². The fourth-order valence-corrected chi connectivity index (χ4v) is 1.26. The van der Waals surface area contributed by atoms with Crippen molar-refractivity contribution in [1.29, 1.82) is 0 Å². The van der Waals surface area contributed by atoms with E-state index in [1.54, 1.807) is 13.8 Å². The molecule has 7 heteroatoms. The quantitative estimate of drug-likeness (QED) is 0.883. The van der Waals surface area contributed by atoms with E-state index in [9.17, 15) is 13.2 Å². The molecule has 0 aliphatic carbocycles. The fourth-order valence-electron chi connectivity index (χ4n) is 1.26. The van der Waals surface area contributed by atoms with E-state index in [1.807, 2.05) is 0 Å². The van der Waals surface area contributed by atoms with Gasteiger partial charge in [-0.2, -0.15) is 13.2 Å². The Labute approximate surface area is 97.1 Å². The summed E-state index contributed by atoms with van der Waals surface area (Å²) in [5.74, 6) is 0.00882. The van der Waals surface area contributed by atoms with Gasteiger partial charge in [-0.25, -0.2) is 9.97 Å². The number of anilines is 1. The lowest BCUT2D eigenvalue weighted by atomic mass is 10.3. The van der Waals surface area contributed by atoms with Gasteiger partial charge in [0.2, 0.25) is 5.95 Å². The van der Waals surface area contributed by atoms with Gasteiger partial charge in [0.15, 0.2) is 0 Å². The molecule has 1 aromatic heterocycles. The van der Waals surface area contributed by atoms with Crippen molar-refractivity contribution in [2.24, 2.45) is 0 Å². The monoisotopic (exact) mass is 249 g/mol. The first kappa shape index (κ1) is 13.7. The van der Waals surface area contributed by atoms with Crippen molar-refractivity contribution in [2.45, 2.75) is 32.7 Å². The van der Waals surface area contributed by atoms with Gasteiger partial charge in [0.1, 0.15) is 6.54 Å². The lowest BCUT2D eigenvalue weighted by Crippen LogP contribution is -2.40. The zero-order valence-corrected chi connectivity index (χ0v) is 9.57. The number of aliphatic hydroxyl groups is 1. The van der Waals surface area contributed by atoms with E-state index in [-0.39, 0.29) is 18.6 Å². The second-order valence-electron chi connectivity index (χ2n) is 3.89. The molecule has 0 spiro atoms. The van der Waals surface area contributed by atoms with Crippen LogP contribution in [0.4, 0.5) is 19.1 Å². The summed E-state index contributed by atoms with van der Waals surface area (Å²) in [5, 5.41) is 8.79. The van der Waals surface area contributed by atoms with Gasteiger partial charge in [-0.05, 0) is 13.8 Å². The van der Waals surface area contributed by atoms with Crippen molar-refractivity contribution in [2.75, 3.05) is 11.4 Å². The normalized spacial score (nSPS) is 11.9. The molecule has 1 rings (SSSR count). The Morgan fingerprint density at radius 3 is 2.18 bits per heavy atom. The fraction of sp³-hybridized carbons (Fsp3) is 0.600. The van der Waals surface area contributed by atoms with Gasteiger partial charge in [0.25, 0.3) is 0 Å². The first-order valence-corrected chi connectivity index (χ1v) is 5.08. The summed E-state index contributed by atoms with van der Waals surface area (Å²) in [7, 11) is 0. The maximum Gasteiger partial charge on any atom is 0.406 e. The summed E-state index contributed by atoms with van der Waals surface area (Å²) in [6.07, 6.45) is -1.68. The van der Waals surface area contributed by atoms with Crippen LogP contribution >= 0.6 is 0 Å². The predicted octanol–water partition coefficient (Wildman–Crippen LogP) is 1.75. The molecule has 0 aliphatic rings. The number of alkyl halides is 3. The molecule has 0 unspecified atom stereocenters. The molecule has 1 heterocycles. The number of rotatable bonds is 4. The van der Waals surface area contributed by atoms with Gasteiger partial charge in [-0.1, -0.05) is 0 Å². The lowest BCUT2D eigenvalue weighted by Gasteiger charge is -2.27. The molecular formula is C10H14F3N3O. The zero-order chi connectivity index (χ0) is 13.1. The van der Waals surface area contributed by atoms with Gasteiger partial charge >= 0.3 is 6.18 Å². The van der Waals surface area contributed by atoms with Gasteiger partial charge in [-0.15, -0.1) is 0 Å². The highest BCUT2D eigenvalue weighted by Crippen LogP contribution is 2.21. The second-order valence-corrected chi connectivity index (χ2v) is 3.89. The van der Waals surface area contributed by atoms with Gasteiger partial charge in [-0.3, -0.25) is 0 Å². The van der Waals surface area contributed by atoms with Gasteiger partial charge in [0, 0.05) is 24.0 Å². The Morgan fingerprint density at radius 2 is 1.82 bits per heavy atom. The average Bonchev–Trinajstić information content (AvgIpc) is 2.25. The van der Waals surface area contributed by atoms with E-state index in [4.69, 9.17) is 5.11 Å². The molecule has 1 aromatic rings. The van der Waals surface area contributed by atoms with Crippen LogP contribution in [-0.4, -0.2) is 33.8 Å². The van der Waals surface area contributed by atoms with Crippen molar-refractivity contribution in [1.82, 2.24) is 9.97 Å². The maximum atomic E-state index is 12.4. The summed E-state index contributed by atoms with van der Waals surface area (Å²) >= 11 is 0. The molecule has 4 nitrogen and oxygen atoms in total. The van der Waals surface area contributed by atoms with E-state index in [0.717, 1.165) is 4.90 Å². The number of hydrogen-bond donors (Lipinski definition) is 1. The second kappa shape index (κ2) is 5.31. The highest BCUT2D eigenvalue weighted by atomic mass is 19.4. The van der Waals surface area contributed by atoms with Crippen molar-refractivity contribution in [3.63, 3.8) is 0 Å². The Hall–Kier alpha value is -1.37. The number of nitrogens with zero attached hydrogens (tertiary/aromatic N) is 3. The van der Waals surface area contributed by atoms with Crippen molar-refractivity contribution >= 4 is 5.95 Å². The molecular weight excluding hydrogens is 235 g/mol. The summed E-state index contributed by atoms with van der Waals surface area (Å²) in [4.78, 5) is 8.68. The van der Waals surface area contributed by atoms with Crippen LogP contribution in [0.25, 0.3) is 0 Å². The average molecular weight is 249 g/mol. The lowest BCUT2D eigenvalue weighted by molar-refractivity contribution is -0.120. The van der Waals surface area contributed by atoms with Crippen molar-refractivity contribution in [3.05, 3.63) is 18.0 Å². The highest BCUT2D eigenvalue weighted by Gasteiger charge is 2.33. The molecule has 17 heavy (non-hydrogen) atoms.